The second-order valence-corrected chi connectivity index (χ2v) is 3.39. The smallest absolute Gasteiger partial charge is 0.255 e. The summed E-state index contributed by atoms with van der Waals surface area (Å²) in [5.41, 5.74) is 0.692. The van der Waals surface area contributed by atoms with Crippen molar-refractivity contribution in [2.45, 2.75) is 6.92 Å². The molecule has 2 rings (SSSR count). The summed E-state index contributed by atoms with van der Waals surface area (Å²) < 4.78 is 4.95. The van der Waals surface area contributed by atoms with Crippen molar-refractivity contribution < 1.29 is 9.63 Å². The molecule has 1 N–H and O–H groups in total. The quantitative estimate of drug-likeness (QED) is 0.734. The second-order valence-electron chi connectivity index (χ2n) is 2.44. The topological polar surface area (TPSA) is 46.3 Å². The zero-order valence-corrected chi connectivity index (χ0v) is 7.26. The highest BCUT2D eigenvalue weighted by molar-refractivity contribution is 7.13. The molecule has 0 atom stereocenters. The molecule has 0 saturated carbocycles. The van der Waals surface area contributed by atoms with Gasteiger partial charge in [0.25, 0.3) is 5.88 Å². The van der Waals surface area contributed by atoms with Crippen LogP contribution in [0.2, 0.25) is 0 Å². The number of hydrogen-bond donors (Lipinski definition) is 1. The molecule has 0 aliphatic rings. The Bertz CT molecular complexity index is 378. The molecule has 0 unspecified atom stereocenters. The highest BCUT2D eigenvalue weighted by Gasteiger charge is 2.12. The van der Waals surface area contributed by atoms with E-state index in [0.29, 0.717) is 11.3 Å². The van der Waals surface area contributed by atoms with Crippen LogP contribution >= 0.6 is 11.3 Å². The molecule has 0 aliphatic heterocycles. The molecule has 0 aliphatic carbocycles. The maximum absolute atomic E-state index is 9.14. The summed E-state index contributed by atoms with van der Waals surface area (Å²) in [6.45, 7) is 1.78. The maximum atomic E-state index is 9.14. The minimum absolute atomic E-state index is 0.0293. The number of nitrogens with zero attached hydrogens (tertiary/aromatic N) is 1. The normalized spacial score (nSPS) is 10.4. The summed E-state index contributed by atoms with van der Waals surface area (Å²) in [6, 6.07) is 3.86. The first-order valence-electron chi connectivity index (χ1n) is 3.48. The van der Waals surface area contributed by atoms with Gasteiger partial charge < -0.3 is 9.63 Å². The molecule has 0 fully saturated rings. The van der Waals surface area contributed by atoms with Crippen LogP contribution in [-0.4, -0.2) is 10.3 Å². The molecule has 0 saturated heterocycles. The van der Waals surface area contributed by atoms with Crippen molar-refractivity contribution in [3.63, 3.8) is 0 Å². The monoisotopic (exact) mass is 181 g/mol. The van der Waals surface area contributed by atoms with E-state index in [1.54, 1.807) is 18.3 Å². The average molecular weight is 181 g/mol. The molecule has 4 heteroatoms. The van der Waals surface area contributed by atoms with Crippen LogP contribution < -0.4 is 0 Å². The van der Waals surface area contributed by atoms with Gasteiger partial charge in [-0.3, -0.25) is 0 Å². The van der Waals surface area contributed by atoms with Crippen molar-refractivity contribution >= 4 is 11.3 Å². The molecule has 2 aromatic heterocycles. The largest absolute Gasteiger partial charge is 0.491 e. The Hall–Kier alpha value is -1.29. The molecule has 2 aromatic rings. The van der Waals surface area contributed by atoms with Gasteiger partial charge in [0.1, 0.15) is 0 Å². The van der Waals surface area contributed by atoms with Crippen LogP contribution in [0.3, 0.4) is 0 Å². The second kappa shape index (κ2) is 2.64. The SMILES string of the molecule is Cc1c(O)noc1-c1cccs1. The van der Waals surface area contributed by atoms with Gasteiger partial charge in [0.15, 0.2) is 5.76 Å². The molecule has 3 nitrogen and oxygen atoms in total. The van der Waals surface area contributed by atoms with E-state index in [9.17, 15) is 0 Å². The zero-order valence-electron chi connectivity index (χ0n) is 6.44. The highest BCUT2D eigenvalue weighted by Crippen LogP contribution is 2.31. The first-order chi connectivity index (χ1) is 5.79. The van der Waals surface area contributed by atoms with Crippen LogP contribution in [-0.2, 0) is 0 Å². The fraction of sp³-hybridized carbons (Fsp3) is 0.125. The molecule has 0 aromatic carbocycles. The van der Waals surface area contributed by atoms with Gasteiger partial charge in [-0.25, -0.2) is 0 Å². The van der Waals surface area contributed by atoms with Crippen LogP contribution in [0.5, 0.6) is 5.88 Å². The molecule has 0 bridgehead atoms. The Kier molecular flexibility index (Phi) is 1.62. The first-order valence-corrected chi connectivity index (χ1v) is 4.36. The molecule has 2 heterocycles. The van der Waals surface area contributed by atoms with E-state index in [4.69, 9.17) is 9.63 Å². The van der Waals surface area contributed by atoms with Gasteiger partial charge >= 0.3 is 0 Å². The predicted octanol–water partition coefficient (Wildman–Crippen LogP) is 2.42. The number of rotatable bonds is 1. The summed E-state index contributed by atoms with van der Waals surface area (Å²) in [6.07, 6.45) is 0. The number of thiophene rings is 1. The fourth-order valence-corrected chi connectivity index (χ4v) is 1.72. The van der Waals surface area contributed by atoms with Crippen molar-refractivity contribution in [3.05, 3.63) is 23.1 Å². The first kappa shape index (κ1) is 7.36. The van der Waals surface area contributed by atoms with Crippen molar-refractivity contribution in [2.24, 2.45) is 0 Å². The molecular formula is C8H7NO2S. The average Bonchev–Trinajstić information content (AvgIpc) is 2.64. The van der Waals surface area contributed by atoms with E-state index in [0.717, 1.165) is 4.88 Å². The van der Waals surface area contributed by atoms with Crippen molar-refractivity contribution in [1.82, 2.24) is 5.16 Å². The summed E-state index contributed by atoms with van der Waals surface area (Å²) in [7, 11) is 0. The zero-order chi connectivity index (χ0) is 8.55. The van der Waals surface area contributed by atoms with Crippen LogP contribution in [0.4, 0.5) is 0 Å². The van der Waals surface area contributed by atoms with Crippen LogP contribution in [0.25, 0.3) is 10.6 Å². The Balaban J connectivity index is 2.55. The Labute approximate surface area is 73.3 Å². The molecule has 12 heavy (non-hydrogen) atoms. The van der Waals surface area contributed by atoms with Gasteiger partial charge in [0.05, 0.1) is 10.4 Å². The molecule has 0 spiro atoms. The number of aromatic hydroxyl groups is 1. The van der Waals surface area contributed by atoms with Gasteiger partial charge in [-0.2, -0.15) is 0 Å². The summed E-state index contributed by atoms with van der Waals surface area (Å²) >= 11 is 1.56. The predicted molar refractivity (Wildman–Crippen MR) is 46.2 cm³/mol. The van der Waals surface area contributed by atoms with E-state index < -0.39 is 0 Å². The lowest BCUT2D eigenvalue weighted by atomic mass is 10.2. The lowest BCUT2D eigenvalue weighted by molar-refractivity contribution is 0.365. The lowest BCUT2D eigenvalue weighted by Crippen LogP contribution is -1.70. The third-order valence-corrected chi connectivity index (χ3v) is 2.51. The molecule has 0 amide bonds. The van der Waals surface area contributed by atoms with E-state index >= 15 is 0 Å². The maximum Gasteiger partial charge on any atom is 0.255 e. The molecule has 0 radical (unpaired) electrons. The third-order valence-electron chi connectivity index (χ3n) is 1.64. The van der Waals surface area contributed by atoms with Gasteiger partial charge in [-0.1, -0.05) is 6.07 Å². The summed E-state index contributed by atoms with van der Waals surface area (Å²) in [5.74, 6) is 0.626. The molecular weight excluding hydrogens is 174 g/mol. The van der Waals surface area contributed by atoms with Crippen molar-refractivity contribution in [1.29, 1.82) is 0 Å². The van der Waals surface area contributed by atoms with E-state index in [2.05, 4.69) is 5.16 Å². The summed E-state index contributed by atoms with van der Waals surface area (Å²) in [5, 5.41) is 14.6. The Morgan fingerprint density at radius 3 is 2.92 bits per heavy atom. The Morgan fingerprint density at radius 1 is 1.58 bits per heavy atom. The number of hydrogen-bond acceptors (Lipinski definition) is 4. The van der Waals surface area contributed by atoms with Crippen LogP contribution in [0.15, 0.2) is 22.0 Å². The van der Waals surface area contributed by atoms with E-state index in [-0.39, 0.29) is 5.88 Å². The van der Waals surface area contributed by atoms with Gasteiger partial charge in [-0.15, -0.1) is 11.3 Å². The summed E-state index contributed by atoms with van der Waals surface area (Å²) in [4.78, 5) is 0.986. The standard InChI is InChI=1S/C8H7NO2S/c1-5-7(11-9-8(5)10)6-3-2-4-12-6/h2-4H,1H3,(H,9,10). The Morgan fingerprint density at radius 2 is 2.42 bits per heavy atom. The van der Waals surface area contributed by atoms with Gasteiger partial charge in [0, 0.05) is 0 Å². The fourth-order valence-electron chi connectivity index (χ4n) is 0.965. The van der Waals surface area contributed by atoms with Gasteiger partial charge in [-0.05, 0) is 23.5 Å². The van der Waals surface area contributed by atoms with Crippen molar-refractivity contribution in [2.75, 3.05) is 0 Å². The minimum atomic E-state index is -0.0293. The number of aromatic nitrogens is 1. The van der Waals surface area contributed by atoms with E-state index in [1.807, 2.05) is 17.5 Å². The minimum Gasteiger partial charge on any atom is -0.491 e. The lowest BCUT2D eigenvalue weighted by Gasteiger charge is -1.88. The van der Waals surface area contributed by atoms with Crippen molar-refractivity contribution in [3.8, 4) is 16.5 Å². The van der Waals surface area contributed by atoms with Gasteiger partial charge in [0.2, 0.25) is 0 Å². The van der Waals surface area contributed by atoms with E-state index in [1.165, 1.54) is 0 Å². The van der Waals surface area contributed by atoms with Crippen LogP contribution in [0.1, 0.15) is 5.56 Å². The molecule has 62 valence electrons. The third kappa shape index (κ3) is 1.00. The highest BCUT2D eigenvalue weighted by atomic mass is 32.1. The van der Waals surface area contributed by atoms with Crippen LogP contribution in [0, 0.1) is 6.92 Å².